The Hall–Kier alpha value is -2.38. The largest absolute Gasteiger partial charge is 0.310 e. The van der Waals surface area contributed by atoms with Gasteiger partial charge in [0.25, 0.3) is 0 Å². The average Bonchev–Trinajstić information content (AvgIpc) is 2.83. The van der Waals surface area contributed by atoms with Crippen LogP contribution in [0.15, 0.2) is 18.3 Å². The van der Waals surface area contributed by atoms with Crippen LogP contribution in [0.4, 0.5) is 14.6 Å². The summed E-state index contributed by atoms with van der Waals surface area (Å²) in [7, 11) is 0. The summed E-state index contributed by atoms with van der Waals surface area (Å²) in [6, 6.07) is 3.31. The molecular formula is C13H13F2N5O. The highest BCUT2D eigenvalue weighted by Gasteiger charge is 2.48. The minimum Gasteiger partial charge on any atom is -0.310 e. The number of aromatic amines is 1. The van der Waals surface area contributed by atoms with Crippen LogP contribution < -0.4 is 5.32 Å². The summed E-state index contributed by atoms with van der Waals surface area (Å²) < 4.78 is 25.5. The number of carbonyl (C=O) groups excluding carboxylic acids is 1. The molecule has 2 heterocycles. The number of pyridine rings is 1. The van der Waals surface area contributed by atoms with Crippen molar-refractivity contribution in [3.8, 4) is 11.4 Å². The first kappa shape index (κ1) is 13.6. The van der Waals surface area contributed by atoms with Crippen LogP contribution in [0.3, 0.4) is 0 Å². The summed E-state index contributed by atoms with van der Waals surface area (Å²) in [5.41, 5.74) is 0.684. The van der Waals surface area contributed by atoms with Crippen molar-refractivity contribution in [2.75, 3.05) is 5.32 Å². The molecule has 0 unspecified atom stereocenters. The lowest BCUT2D eigenvalue weighted by Crippen LogP contribution is -2.42. The van der Waals surface area contributed by atoms with Crippen LogP contribution in [0.2, 0.25) is 0 Å². The number of aryl methyl sites for hydroxylation is 1. The highest BCUT2D eigenvalue weighted by atomic mass is 19.3. The van der Waals surface area contributed by atoms with Crippen molar-refractivity contribution in [2.45, 2.75) is 25.7 Å². The van der Waals surface area contributed by atoms with Gasteiger partial charge in [-0.25, -0.2) is 18.7 Å². The third kappa shape index (κ3) is 2.88. The predicted molar refractivity (Wildman–Crippen MR) is 70.7 cm³/mol. The molecule has 110 valence electrons. The van der Waals surface area contributed by atoms with E-state index in [-0.39, 0.29) is 0 Å². The van der Waals surface area contributed by atoms with Crippen molar-refractivity contribution in [3.05, 3.63) is 24.2 Å². The number of hydrogen-bond acceptors (Lipinski definition) is 4. The summed E-state index contributed by atoms with van der Waals surface area (Å²) in [4.78, 5) is 20.0. The standard InChI is InChI=1S/C13H13F2N5O/c1-7-17-11(20-19-7)8-2-3-16-10(4-8)18-12(21)9-5-13(14,15)6-9/h2-4,9H,5-6H2,1H3,(H,16,18,21)(H,17,19,20). The molecule has 6 nitrogen and oxygen atoms in total. The van der Waals surface area contributed by atoms with E-state index >= 15 is 0 Å². The van der Waals surface area contributed by atoms with Crippen molar-refractivity contribution >= 4 is 11.7 Å². The van der Waals surface area contributed by atoms with E-state index in [0.717, 1.165) is 0 Å². The minimum atomic E-state index is -2.71. The smallest absolute Gasteiger partial charge is 0.249 e. The van der Waals surface area contributed by atoms with Crippen molar-refractivity contribution in [3.63, 3.8) is 0 Å². The fourth-order valence-corrected chi connectivity index (χ4v) is 2.18. The van der Waals surface area contributed by atoms with E-state index in [4.69, 9.17) is 0 Å². The number of alkyl halides is 2. The van der Waals surface area contributed by atoms with Crippen LogP contribution in [-0.2, 0) is 4.79 Å². The molecule has 1 amide bonds. The predicted octanol–water partition coefficient (Wildman–Crippen LogP) is 2.16. The Kier molecular flexibility index (Phi) is 3.15. The maximum Gasteiger partial charge on any atom is 0.249 e. The van der Waals surface area contributed by atoms with Crippen molar-refractivity contribution in [1.82, 2.24) is 20.2 Å². The van der Waals surface area contributed by atoms with Crippen molar-refractivity contribution < 1.29 is 13.6 Å². The second-order valence-electron chi connectivity index (χ2n) is 5.12. The van der Waals surface area contributed by atoms with Crippen LogP contribution in [0, 0.1) is 12.8 Å². The van der Waals surface area contributed by atoms with Crippen LogP contribution in [0.5, 0.6) is 0 Å². The van der Waals surface area contributed by atoms with Gasteiger partial charge in [-0.3, -0.25) is 9.89 Å². The number of anilines is 1. The molecule has 0 atom stereocenters. The average molecular weight is 293 g/mol. The molecule has 2 aromatic rings. The van der Waals surface area contributed by atoms with E-state index in [1.165, 1.54) is 6.20 Å². The van der Waals surface area contributed by atoms with Gasteiger partial charge in [0.2, 0.25) is 11.8 Å². The van der Waals surface area contributed by atoms with E-state index in [2.05, 4.69) is 25.5 Å². The SMILES string of the molecule is Cc1nc(-c2ccnc(NC(=O)C3CC(F)(F)C3)c2)n[nH]1. The van der Waals surface area contributed by atoms with Gasteiger partial charge in [0.15, 0.2) is 5.82 Å². The molecule has 0 saturated heterocycles. The maximum absolute atomic E-state index is 12.8. The lowest BCUT2D eigenvalue weighted by atomic mass is 9.81. The molecule has 3 rings (SSSR count). The van der Waals surface area contributed by atoms with Gasteiger partial charge in [-0.1, -0.05) is 0 Å². The van der Waals surface area contributed by atoms with Gasteiger partial charge in [-0.2, -0.15) is 5.10 Å². The topological polar surface area (TPSA) is 83.6 Å². The van der Waals surface area contributed by atoms with Crippen LogP contribution in [-0.4, -0.2) is 32.0 Å². The molecule has 0 aliphatic heterocycles. The van der Waals surface area contributed by atoms with Crippen LogP contribution >= 0.6 is 0 Å². The zero-order valence-electron chi connectivity index (χ0n) is 11.2. The molecule has 1 aliphatic carbocycles. The Balaban J connectivity index is 1.71. The van der Waals surface area contributed by atoms with E-state index in [9.17, 15) is 13.6 Å². The molecule has 1 fully saturated rings. The van der Waals surface area contributed by atoms with Crippen molar-refractivity contribution in [1.29, 1.82) is 0 Å². The lowest BCUT2D eigenvalue weighted by Gasteiger charge is -2.33. The Morgan fingerprint density at radius 2 is 2.24 bits per heavy atom. The number of H-pyrrole nitrogens is 1. The number of nitrogens with zero attached hydrogens (tertiary/aromatic N) is 3. The number of nitrogens with one attached hydrogen (secondary N) is 2. The van der Waals surface area contributed by atoms with Gasteiger partial charge in [-0.05, 0) is 19.1 Å². The van der Waals surface area contributed by atoms with Crippen LogP contribution in [0.1, 0.15) is 18.7 Å². The minimum absolute atomic E-state index is 0.301. The summed E-state index contributed by atoms with van der Waals surface area (Å²) in [6.45, 7) is 1.77. The second kappa shape index (κ2) is 4.87. The zero-order valence-corrected chi connectivity index (χ0v) is 11.2. The number of halogens is 2. The highest BCUT2D eigenvalue weighted by molar-refractivity contribution is 5.92. The first-order valence-electron chi connectivity index (χ1n) is 6.47. The Labute approximate surface area is 119 Å². The van der Waals surface area contributed by atoms with E-state index < -0.39 is 30.6 Å². The lowest BCUT2D eigenvalue weighted by molar-refractivity contribution is -0.145. The number of amides is 1. The number of rotatable bonds is 3. The van der Waals surface area contributed by atoms with Gasteiger partial charge in [0.05, 0.1) is 0 Å². The number of aromatic nitrogens is 4. The Bertz CT molecular complexity index is 677. The molecule has 0 aromatic carbocycles. The summed E-state index contributed by atoms with van der Waals surface area (Å²) in [5.74, 6) is -2.35. The third-order valence-corrected chi connectivity index (χ3v) is 3.33. The summed E-state index contributed by atoms with van der Waals surface area (Å²) in [6.07, 6.45) is 0.698. The second-order valence-corrected chi connectivity index (χ2v) is 5.12. The molecule has 2 aromatic heterocycles. The van der Waals surface area contributed by atoms with E-state index in [0.29, 0.717) is 23.0 Å². The quantitative estimate of drug-likeness (QED) is 0.908. The molecule has 2 N–H and O–H groups in total. The van der Waals surface area contributed by atoms with Gasteiger partial charge < -0.3 is 5.32 Å². The Morgan fingerprint density at radius 1 is 1.48 bits per heavy atom. The first-order chi connectivity index (χ1) is 9.93. The van der Waals surface area contributed by atoms with Crippen molar-refractivity contribution in [2.24, 2.45) is 5.92 Å². The van der Waals surface area contributed by atoms with Gasteiger partial charge in [-0.15, -0.1) is 0 Å². The first-order valence-corrected chi connectivity index (χ1v) is 6.47. The van der Waals surface area contributed by atoms with Gasteiger partial charge in [0.1, 0.15) is 11.6 Å². The summed E-state index contributed by atoms with van der Waals surface area (Å²) >= 11 is 0. The monoisotopic (exact) mass is 293 g/mol. The normalized spacial score (nSPS) is 17.3. The maximum atomic E-state index is 12.8. The molecule has 8 heteroatoms. The zero-order chi connectivity index (χ0) is 15.0. The third-order valence-electron chi connectivity index (χ3n) is 3.33. The van der Waals surface area contributed by atoms with E-state index in [1.54, 1.807) is 19.1 Å². The molecule has 0 bridgehead atoms. The molecular weight excluding hydrogens is 280 g/mol. The number of hydrogen-bond donors (Lipinski definition) is 2. The summed E-state index contributed by atoms with van der Waals surface area (Å²) in [5, 5.41) is 9.28. The van der Waals surface area contributed by atoms with Gasteiger partial charge >= 0.3 is 0 Å². The molecule has 1 aliphatic rings. The van der Waals surface area contributed by atoms with E-state index in [1.807, 2.05) is 0 Å². The molecule has 0 spiro atoms. The Morgan fingerprint density at radius 3 is 2.86 bits per heavy atom. The fourth-order valence-electron chi connectivity index (χ4n) is 2.18. The molecule has 1 saturated carbocycles. The fraction of sp³-hybridized carbons (Fsp3) is 0.385. The molecule has 0 radical (unpaired) electrons. The van der Waals surface area contributed by atoms with Gasteiger partial charge in [0, 0.05) is 30.5 Å². The number of carbonyl (C=O) groups is 1. The van der Waals surface area contributed by atoms with Crippen LogP contribution in [0.25, 0.3) is 11.4 Å². The highest BCUT2D eigenvalue weighted by Crippen LogP contribution is 2.42. The molecule has 21 heavy (non-hydrogen) atoms.